The second-order valence-electron chi connectivity index (χ2n) is 8.43. The van der Waals surface area contributed by atoms with Gasteiger partial charge in [0.15, 0.2) is 5.13 Å². The topological polar surface area (TPSA) is 83.5 Å². The largest absolute Gasteiger partial charge is 0.278 e. The number of sulfonamides is 1. The van der Waals surface area contributed by atoms with Crippen LogP contribution in [0.1, 0.15) is 41.4 Å². The van der Waals surface area contributed by atoms with Crippen LogP contribution in [-0.4, -0.2) is 42.2 Å². The lowest BCUT2D eigenvalue weighted by molar-refractivity contribution is 0.0984. The molecule has 36 heavy (non-hydrogen) atoms. The van der Waals surface area contributed by atoms with Crippen molar-refractivity contribution in [1.82, 2.24) is 14.3 Å². The van der Waals surface area contributed by atoms with Crippen LogP contribution in [-0.2, 0) is 16.6 Å². The first-order valence-electron chi connectivity index (χ1n) is 11.6. The second-order valence-corrected chi connectivity index (χ2v) is 11.9. The Kier molecular flexibility index (Phi) is 8.04. The number of hydrogen-bond acceptors (Lipinski definition) is 6. The third kappa shape index (κ3) is 5.44. The van der Waals surface area contributed by atoms with Crippen LogP contribution in [0.15, 0.2) is 65.7 Å². The van der Waals surface area contributed by atoms with E-state index in [9.17, 15) is 13.2 Å². The highest BCUT2D eigenvalue weighted by molar-refractivity contribution is 7.89. The number of benzene rings is 2. The molecule has 0 saturated carbocycles. The Morgan fingerprint density at radius 3 is 2.50 bits per heavy atom. The maximum absolute atomic E-state index is 13.7. The van der Waals surface area contributed by atoms with Crippen molar-refractivity contribution in [2.75, 3.05) is 18.5 Å². The van der Waals surface area contributed by atoms with Gasteiger partial charge in [-0.05, 0) is 67.4 Å². The number of unbranched alkanes of at least 4 members (excludes halogenated alkanes) is 1. The molecule has 0 spiro atoms. The Balaban J connectivity index is 1.68. The van der Waals surface area contributed by atoms with Gasteiger partial charge in [-0.15, -0.1) is 0 Å². The van der Waals surface area contributed by atoms with Gasteiger partial charge in [0.25, 0.3) is 5.91 Å². The predicted octanol–water partition coefficient (Wildman–Crippen LogP) is 5.92. The molecular formula is C26H27ClN4O3S2. The van der Waals surface area contributed by atoms with Gasteiger partial charge in [0.1, 0.15) is 0 Å². The molecule has 2 heterocycles. The summed E-state index contributed by atoms with van der Waals surface area (Å²) in [6, 6.07) is 15.3. The molecule has 0 N–H and O–H groups in total. The lowest BCUT2D eigenvalue weighted by atomic mass is 10.2. The maximum atomic E-state index is 13.7. The summed E-state index contributed by atoms with van der Waals surface area (Å²) in [7, 11) is -2.06. The zero-order chi connectivity index (χ0) is 25.9. The Hall–Kier alpha value is -2.85. The number of halogens is 1. The van der Waals surface area contributed by atoms with E-state index in [1.807, 2.05) is 44.2 Å². The van der Waals surface area contributed by atoms with Crippen LogP contribution in [0.25, 0.3) is 10.2 Å². The highest BCUT2D eigenvalue weighted by Crippen LogP contribution is 2.34. The van der Waals surface area contributed by atoms with Crippen LogP contribution in [0.3, 0.4) is 0 Å². The molecule has 0 fully saturated rings. The third-order valence-electron chi connectivity index (χ3n) is 5.89. The highest BCUT2D eigenvalue weighted by atomic mass is 35.5. The molecule has 1 amide bonds. The predicted molar refractivity (Wildman–Crippen MR) is 145 cm³/mol. The highest BCUT2D eigenvalue weighted by Gasteiger charge is 2.25. The van der Waals surface area contributed by atoms with Crippen molar-refractivity contribution in [1.29, 1.82) is 0 Å². The molecule has 0 bridgehead atoms. The molecule has 2 aromatic carbocycles. The molecule has 0 aliphatic carbocycles. The SMILES string of the molecule is CCCCN(C)S(=O)(=O)c1ccc(C(=O)N(Cc2ccccn2)c2nc3c(C)c(Cl)ccc3s2)cc1. The number of aryl methyl sites for hydroxylation is 1. The van der Waals surface area contributed by atoms with Crippen LogP contribution in [0.5, 0.6) is 0 Å². The summed E-state index contributed by atoms with van der Waals surface area (Å²) in [5.74, 6) is -0.299. The number of rotatable bonds is 9. The average molecular weight is 543 g/mol. The van der Waals surface area contributed by atoms with Crippen molar-refractivity contribution in [3.63, 3.8) is 0 Å². The van der Waals surface area contributed by atoms with Crippen molar-refractivity contribution < 1.29 is 13.2 Å². The van der Waals surface area contributed by atoms with Crippen LogP contribution in [0.4, 0.5) is 5.13 Å². The van der Waals surface area contributed by atoms with Gasteiger partial charge < -0.3 is 0 Å². The summed E-state index contributed by atoms with van der Waals surface area (Å²) < 4.78 is 28.0. The third-order valence-corrected chi connectivity index (χ3v) is 9.22. The normalized spacial score (nSPS) is 11.8. The number of fused-ring (bicyclic) bond motifs is 1. The first kappa shape index (κ1) is 26.2. The van der Waals surface area contributed by atoms with Gasteiger partial charge in [-0.25, -0.2) is 17.7 Å². The summed E-state index contributed by atoms with van der Waals surface area (Å²) in [6.07, 6.45) is 3.35. The Bertz CT molecular complexity index is 1470. The standard InChI is InChI=1S/C26H27ClN4O3S2/c1-4-5-16-30(3)36(33,34)21-11-9-19(10-12-21)25(32)31(17-20-8-6-7-15-28-20)26-29-24-18(2)22(27)13-14-23(24)35-26/h6-15H,4-5,16-17H2,1-3H3. The van der Waals surface area contributed by atoms with Crippen LogP contribution in [0, 0.1) is 6.92 Å². The zero-order valence-electron chi connectivity index (χ0n) is 20.3. The van der Waals surface area contributed by atoms with Gasteiger partial charge in [-0.3, -0.25) is 14.7 Å². The van der Waals surface area contributed by atoms with Crippen molar-refractivity contribution in [2.45, 2.75) is 38.1 Å². The number of hydrogen-bond donors (Lipinski definition) is 0. The fraction of sp³-hybridized carbons (Fsp3) is 0.269. The summed E-state index contributed by atoms with van der Waals surface area (Å²) >= 11 is 7.68. The van der Waals surface area contributed by atoms with Crippen molar-refractivity contribution in [2.24, 2.45) is 0 Å². The van der Waals surface area contributed by atoms with Crippen molar-refractivity contribution >= 4 is 54.2 Å². The van der Waals surface area contributed by atoms with Gasteiger partial charge in [0, 0.05) is 30.4 Å². The van der Waals surface area contributed by atoms with Crippen LogP contribution in [0.2, 0.25) is 5.02 Å². The molecule has 7 nitrogen and oxygen atoms in total. The molecule has 0 unspecified atom stereocenters. The number of carbonyl (C=O) groups excluding carboxylic acids is 1. The molecule has 0 aliphatic rings. The van der Waals surface area contributed by atoms with E-state index in [1.165, 1.54) is 27.8 Å². The van der Waals surface area contributed by atoms with E-state index in [2.05, 4.69) is 4.98 Å². The van der Waals surface area contributed by atoms with Crippen molar-refractivity contribution in [3.05, 3.63) is 82.6 Å². The van der Waals surface area contributed by atoms with Crippen molar-refractivity contribution in [3.8, 4) is 0 Å². The number of pyridine rings is 1. The lowest BCUT2D eigenvalue weighted by Crippen LogP contribution is -2.31. The monoisotopic (exact) mass is 542 g/mol. The summed E-state index contributed by atoms with van der Waals surface area (Å²) in [6.45, 7) is 4.57. The Labute approximate surface area is 220 Å². The van der Waals surface area contributed by atoms with Crippen LogP contribution >= 0.6 is 22.9 Å². The molecule has 0 aliphatic heterocycles. The van der Waals surface area contributed by atoms with Gasteiger partial charge in [0.05, 0.1) is 27.4 Å². The minimum atomic E-state index is -3.63. The number of amides is 1. The first-order chi connectivity index (χ1) is 17.2. The van der Waals surface area contributed by atoms with E-state index in [4.69, 9.17) is 16.6 Å². The van der Waals surface area contributed by atoms with Gasteiger partial charge >= 0.3 is 0 Å². The first-order valence-corrected chi connectivity index (χ1v) is 14.2. The summed E-state index contributed by atoms with van der Waals surface area (Å²) in [5.41, 5.74) is 2.66. The molecule has 4 aromatic rings. The number of aromatic nitrogens is 2. The fourth-order valence-corrected chi connectivity index (χ4v) is 6.08. The number of anilines is 1. The molecule has 0 radical (unpaired) electrons. The maximum Gasteiger partial charge on any atom is 0.260 e. The summed E-state index contributed by atoms with van der Waals surface area (Å²) in [5, 5.41) is 1.13. The molecule has 188 valence electrons. The van der Waals surface area contributed by atoms with E-state index in [-0.39, 0.29) is 17.3 Å². The van der Waals surface area contributed by atoms with Crippen LogP contribution < -0.4 is 4.90 Å². The quantitative estimate of drug-likeness (QED) is 0.262. The second kappa shape index (κ2) is 11.0. The summed E-state index contributed by atoms with van der Waals surface area (Å²) in [4.78, 5) is 24.5. The Morgan fingerprint density at radius 1 is 1.08 bits per heavy atom. The minimum absolute atomic E-state index is 0.152. The van der Waals surface area contributed by atoms with E-state index < -0.39 is 10.0 Å². The number of carbonyl (C=O) groups is 1. The minimum Gasteiger partial charge on any atom is -0.278 e. The van der Waals surface area contributed by atoms with E-state index in [0.29, 0.717) is 28.0 Å². The molecule has 4 rings (SSSR count). The van der Waals surface area contributed by atoms with E-state index in [0.717, 1.165) is 28.6 Å². The van der Waals surface area contributed by atoms with Gasteiger partial charge in [0.2, 0.25) is 10.0 Å². The van der Waals surface area contributed by atoms with Gasteiger partial charge in [-0.2, -0.15) is 0 Å². The zero-order valence-corrected chi connectivity index (χ0v) is 22.7. The number of nitrogens with zero attached hydrogens (tertiary/aromatic N) is 4. The van der Waals surface area contributed by atoms with E-state index in [1.54, 1.807) is 30.3 Å². The lowest BCUT2D eigenvalue weighted by Gasteiger charge is -2.20. The smallest absolute Gasteiger partial charge is 0.260 e. The average Bonchev–Trinajstić information content (AvgIpc) is 3.33. The molecule has 10 heteroatoms. The van der Waals surface area contributed by atoms with Gasteiger partial charge in [-0.1, -0.05) is 42.3 Å². The van der Waals surface area contributed by atoms with E-state index >= 15 is 0 Å². The number of thiazole rings is 1. The molecule has 0 saturated heterocycles. The molecule has 0 atom stereocenters. The molecule has 2 aromatic heterocycles. The fourth-order valence-electron chi connectivity index (χ4n) is 3.69. The Morgan fingerprint density at radius 2 is 1.83 bits per heavy atom. The molecular weight excluding hydrogens is 516 g/mol.